The van der Waals surface area contributed by atoms with Crippen LogP contribution in [0, 0.1) is 6.92 Å². The van der Waals surface area contributed by atoms with Gasteiger partial charge in [0.2, 0.25) is 5.91 Å². The second-order valence-corrected chi connectivity index (χ2v) is 6.46. The van der Waals surface area contributed by atoms with Crippen molar-refractivity contribution in [3.05, 3.63) is 65.2 Å². The van der Waals surface area contributed by atoms with Gasteiger partial charge in [-0.3, -0.25) is 9.69 Å². The molecule has 0 bridgehead atoms. The molecule has 3 rings (SSSR count). The van der Waals surface area contributed by atoms with Gasteiger partial charge in [-0.15, -0.1) is 0 Å². The molecule has 1 atom stereocenters. The van der Waals surface area contributed by atoms with Crippen molar-refractivity contribution < 1.29 is 9.53 Å². The molecule has 25 heavy (non-hydrogen) atoms. The molecule has 0 spiro atoms. The fraction of sp³-hybridized carbons (Fsp3) is 0.350. The number of nitrogens with zero attached hydrogens (tertiary/aromatic N) is 1. The summed E-state index contributed by atoms with van der Waals surface area (Å²) in [6, 6.07) is 15.0. The molecule has 1 aliphatic rings. The van der Waals surface area contributed by atoms with Crippen LogP contribution in [-0.4, -0.2) is 37.1 Å². The molecule has 0 radical (unpaired) electrons. The number of nitrogens with two attached hydrogens (primary N) is 1. The smallest absolute Gasteiger partial charge is 0.245 e. The van der Waals surface area contributed by atoms with Crippen LogP contribution >= 0.6 is 0 Å². The number of carbonyl (C=O) groups excluding carboxylic acids is 1. The quantitative estimate of drug-likeness (QED) is 0.878. The summed E-state index contributed by atoms with van der Waals surface area (Å²) in [6.45, 7) is 6.43. The summed E-state index contributed by atoms with van der Waals surface area (Å²) in [5.74, 6) is -0.204. The third kappa shape index (κ3) is 4.89. The zero-order valence-electron chi connectivity index (χ0n) is 14.6. The van der Waals surface area contributed by atoms with Gasteiger partial charge in [-0.2, -0.15) is 0 Å². The van der Waals surface area contributed by atoms with E-state index < -0.39 is 6.04 Å². The maximum absolute atomic E-state index is 12.3. The van der Waals surface area contributed by atoms with Gasteiger partial charge in [0.05, 0.1) is 13.2 Å². The van der Waals surface area contributed by atoms with Gasteiger partial charge >= 0.3 is 0 Å². The number of carbonyl (C=O) groups is 1. The highest BCUT2D eigenvalue weighted by Crippen LogP contribution is 2.16. The van der Waals surface area contributed by atoms with E-state index in [1.807, 2.05) is 55.5 Å². The number of hydrogen-bond donors (Lipinski definition) is 2. The topological polar surface area (TPSA) is 67.6 Å². The zero-order chi connectivity index (χ0) is 17.6. The van der Waals surface area contributed by atoms with Gasteiger partial charge in [-0.1, -0.05) is 42.0 Å². The first-order valence-corrected chi connectivity index (χ1v) is 8.64. The summed E-state index contributed by atoms with van der Waals surface area (Å²) in [7, 11) is 0. The van der Waals surface area contributed by atoms with Crippen molar-refractivity contribution in [1.29, 1.82) is 0 Å². The molecule has 1 fully saturated rings. The minimum atomic E-state index is -0.673. The standard InChI is InChI=1S/C20H25N3O2/c1-15-2-6-17(7-3-15)19(21)20(24)22-18-8-4-16(5-9-18)14-23-10-12-25-13-11-23/h2-9,19H,10-14,21H2,1H3,(H,22,24). The lowest BCUT2D eigenvalue weighted by atomic mass is 10.1. The predicted octanol–water partition coefficient (Wildman–Crippen LogP) is 2.47. The number of aryl methyl sites for hydroxylation is 1. The Balaban J connectivity index is 1.56. The number of ether oxygens (including phenoxy) is 1. The molecule has 5 nitrogen and oxygen atoms in total. The van der Waals surface area contributed by atoms with Crippen LogP contribution in [0.4, 0.5) is 5.69 Å². The molecule has 0 aliphatic carbocycles. The number of nitrogens with one attached hydrogen (secondary N) is 1. The Morgan fingerprint density at radius 3 is 2.40 bits per heavy atom. The third-order valence-corrected chi connectivity index (χ3v) is 4.45. The summed E-state index contributed by atoms with van der Waals surface area (Å²) in [4.78, 5) is 14.7. The number of morpholine rings is 1. The average Bonchev–Trinajstić information content (AvgIpc) is 2.64. The SMILES string of the molecule is Cc1ccc(C(N)C(=O)Nc2ccc(CN3CCOCC3)cc2)cc1. The molecule has 2 aromatic carbocycles. The highest BCUT2D eigenvalue weighted by atomic mass is 16.5. The first-order valence-electron chi connectivity index (χ1n) is 8.64. The van der Waals surface area contributed by atoms with Gasteiger partial charge < -0.3 is 15.8 Å². The Bertz CT molecular complexity index is 692. The van der Waals surface area contributed by atoms with E-state index in [9.17, 15) is 4.79 Å². The summed E-state index contributed by atoms with van der Waals surface area (Å²) in [5, 5.41) is 2.89. The molecule has 0 aromatic heterocycles. The van der Waals surface area contributed by atoms with E-state index in [1.54, 1.807) is 0 Å². The molecule has 3 N–H and O–H groups in total. The highest BCUT2D eigenvalue weighted by molar-refractivity contribution is 5.95. The van der Waals surface area contributed by atoms with Crippen molar-refractivity contribution in [2.24, 2.45) is 5.73 Å². The van der Waals surface area contributed by atoms with E-state index in [4.69, 9.17) is 10.5 Å². The molecule has 5 heteroatoms. The van der Waals surface area contributed by atoms with E-state index in [0.29, 0.717) is 0 Å². The van der Waals surface area contributed by atoms with E-state index in [0.717, 1.165) is 49.7 Å². The lowest BCUT2D eigenvalue weighted by Gasteiger charge is -2.26. The molecule has 2 aromatic rings. The Labute approximate surface area is 148 Å². The summed E-state index contributed by atoms with van der Waals surface area (Å²) in [5.41, 5.74) is 10.0. The van der Waals surface area contributed by atoms with Gasteiger partial charge in [-0.25, -0.2) is 0 Å². The summed E-state index contributed by atoms with van der Waals surface area (Å²) >= 11 is 0. The monoisotopic (exact) mass is 339 g/mol. The van der Waals surface area contributed by atoms with Gasteiger partial charge in [0.25, 0.3) is 0 Å². The van der Waals surface area contributed by atoms with Crippen LogP contribution in [0.15, 0.2) is 48.5 Å². The number of amides is 1. The summed E-state index contributed by atoms with van der Waals surface area (Å²) < 4.78 is 5.36. The van der Waals surface area contributed by atoms with Crippen LogP contribution in [0.3, 0.4) is 0 Å². The van der Waals surface area contributed by atoms with Crippen molar-refractivity contribution in [3.8, 4) is 0 Å². The number of rotatable bonds is 5. The molecule has 1 unspecified atom stereocenters. The molecular formula is C20H25N3O2. The first kappa shape index (κ1) is 17.6. The van der Waals surface area contributed by atoms with Crippen LogP contribution in [0.1, 0.15) is 22.7 Å². The minimum absolute atomic E-state index is 0.204. The molecular weight excluding hydrogens is 314 g/mol. The lowest BCUT2D eigenvalue weighted by Crippen LogP contribution is -2.35. The Morgan fingerprint density at radius 2 is 1.76 bits per heavy atom. The van der Waals surface area contributed by atoms with E-state index in [-0.39, 0.29) is 5.91 Å². The lowest BCUT2D eigenvalue weighted by molar-refractivity contribution is -0.117. The van der Waals surface area contributed by atoms with Crippen LogP contribution in [0.5, 0.6) is 0 Å². The molecule has 1 aliphatic heterocycles. The van der Waals surface area contributed by atoms with Crippen molar-refractivity contribution in [2.75, 3.05) is 31.6 Å². The van der Waals surface area contributed by atoms with Crippen LogP contribution in [-0.2, 0) is 16.1 Å². The average molecular weight is 339 g/mol. The summed E-state index contributed by atoms with van der Waals surface area (Å²) in [6.07, 6.45) is 0. The number of anilines is 1. The first-order chi connectivity index (χ1) is 12.1. The van der Waals surface area contributed by atoms with E-state index in [1.165, 1.54) is 5.56 Å². The van der Waals surface area contributed by atoms with Crippen LogP contribution < -0.4 is 11.1 Å². The largest absolute Gasteiger partial charge is 0.379 e. The molecule has 0 saturated carbocycles. The van der Waals surface area contributed by atoms with E-state index >= 15 is 0 Å². The van der Waals surface area contributed by atoms with Gasteiger partial charge in [0.15, 0.2) is 0 Å². The molecule has 1 amide bonds. The maximum atomic E-state index is 12.3. The van der Waals surface area contributed by atoms with Crippen molar-refractivity contribution in [1.82, 2.24) is 4.90 Å². The molecule has 1 saturated heterocycles. The Hall–Kier alpha value is -2.21. The Kier molecular flexibility index (Phi) is 5.81. The van der Waals surface area contributed by atoms with Crippen molar-refractivity contribution in [2.45, 2.75) is 19.5 Å². The second-order valence-electron chi connectivity index (χ2n) is 6.46. The van der Waals surface area contributed by atoms with Gasteiger partial charge in [0.1, 0.15) is 6.04 Å². The normalized spacial score (nSPS) is 16.4. The van der Waals surface area contributed by atoms with Crippen molar-refractivity contribution >= 4 is 11.6 Å². The fourth-order valence-corrected chi connectivity index (χ4v) is 2.86. The van der Waals surface area contributed by atoms with Gasteiger partial charge in [0, 0.05) is 25.3 Å². The molecule has 1 heterocycles. The number of benzene rings is 2. The minimum Gasteiger partial charge on any atom is -0.379 e. The number of hydrogen-bond acceptors (Lipinski definition) is 4. The second kappa shape index (κ2) is 8.25. The third-order valence-electron chi connectivity index (χ3n) is 4.45. The predicted molar refractivity (Wildman–Crippen MR) is 99.3 cm³/mol. The fourth-order valence-electron chi connectivity index (χ4n) is 2.86. The van der Waals surface area contributed by atoms with Crippen LogP contribution in [0.25, 0.3) is 0 Å². The highest BCUT2D eigenvalue weighted by Gasteiger charge is 2.16. The zero-order valence-corrected chi connectivity index (χ0v) is 14.6. The van der Waals surface area contributed by atoms with Crippen LogP contribution in [0.2, 0.25) is 0 Å². The molecule has 132 valence electrons. The maximum Gasteiger partial charge on any atom is 0.245 e. The van der Waals surface area contributed by atoms with Crippen molar-refractivity contribution in [3.63, 3.8) is 0 Å². The Morgan fingerprint density at radius 1 is 1.12 bits per heavy atom. The van der Waals surface area contributed by atoms with E-state index in [2.05, 4.69) is 10.2 Å². The van der Waals surface area contributed by atoms with Gasteiger partial charge in [-0.05, 0) is 30.2 Å².